The number of hydrogen-bond acceptors (Lipinski definition) is 7. The quantitative estimate of drug-likeness (QED) is 0.586. The van der Waals surface area contributed by atoms with E-state index in [0.717, 1.165) is 28.4 Å². The van der Waals surface area contributed by atoms with Crippen molar-refractivity contribution in [2.75, 3.05) is 0 Å². The topological polar surface area (TPSA) is 109 Å². The third-order valence-electron chi connectivity index (χ3n) is 4.51. The first kappa shape index (κ1) is 19.1. The molecule has 1 saturated carbocycles. The number of hydrogen-bond donors (Lipinski definition) is 2. The number of carbonyl (C=O) groups is 1. The first-order chi connectivity index (χ1) is 13.4. The molecular weight excluding hydrogens is 425 g/mol. The van der Waals surface area contributed by atoms with Gasteiger partial charge in [0.25, 0.3) is 10.0 Å². The number of nitrogens with zero attached hydrogens (tertiary/aromatic N) is 2. The fourth-order valence-electron chi connectivity index (χ4n) is 3.03. The maximum absolute atomic E-state index is 12.8. The molecule has 2 atom stereocenters. The Morgan fingerprint density at radius 1 is 1.29 bits per heavy atom. The summed E-state index contributed by atoms with van der Waals surface area (Å²) in [5.41, 5.74) is -0.796. The van der Waals surface area contributed by atoms with Gasteiger partial charge in [-0.25, -0.2) is 17.8 Å². The molecule has 11 heteroatoms. The van der Waals surface area contributed by atoms with E-state index >= 15 is 0 Å². The van der Waals surface area contributed by atoms with Gasteiger partial charge in [-0.2, -0.15) is 9.10 Å². The summed E-state index contributed by atoms with van der Waals surface area (Å²) >= 11 is 1.82. The summed E-state index contributed by atoms with van der Waals surface area (Å²) in [6.07, 6.45) is 0.178. The highest BCUT2D eigenvalue weighted by molar-refractivity contribution is 7.91. The zero-order chi connectivity index (χ0) is 19.9. The van der Waals surface area contributed by atoms with Crippen molar-refractivity contribution in [1.29, 1.82) is 0 Å². The molecule has 2 aromatic heterocycles. The van der Waals surface area contributed by atoms with Crippen LogP contribution in [0.5, 0.6) is 0 Å². The highest BCUT2D eigenvalue weighted by Gasteiger charge is 2.63. The predicted octanol–water partition coefficient (Wildman–Crippen LogP) is 3.03. The molecule has 7 nitrogen and oxygen atoms in total. The Balaban J connectivity index is 1.59. The van der Waals surface area contributed by atoms with E-state index in [0.29, 0.717) is 4.88 Å². The second kappa shape index (κ2) is 6.99. The molecule has 2 N–H and O–H groups in total. The summed E-state index contributed by atoms with van der Waals surface area (Å²) in [4.78, 5) is 16.3. The van der Waals surface area contributed by atoms with Gasteiger partial charge in [0.15, 0.2) is 5.82 Å². The fraction of sp³-hybridized carbons (Fsp3) is 0.235. The zero-order valence-electron chi connectivity index (χ0n) is 14.2. The second-order valence-corrected chi connectivity index (χ2v) is 10.1. The predicted molar refractivity (Wildman–Crippen MR) is 103 cm³/mol. The van der Waals surface area contributed by atoms with Crippen LogP contribution >= 0.6 is 22.9 Å². The molecule has 1 fully saturated rings. The SMILES string of the molecule is O=C(O)[C@]1(NS(=O)(=O)c2ccc(-c3nsc(CF)n3)s2)C[C@@H]1c1ccccc1. The Bertz CT molecular complexity index is 1130. The van der Waals surface area contributed by atoms with Gasteiger partial charge in [-0.1, -0.05) is 30.3 Å². The van der Waals surface area contributed by atoms with E-state index < -0.39 is 34.1 Å². The molecule has 0 radical (unpaired) electrons. The normalized spacial score (nSPS) is 21.5. The summed E-state index contributed by atoms with van der Waals surface area (Å²) in [5, 5.41) is 9.89. The van der Waals surface area contributed by atoms with Crippen LogP contribution in [0.3, 0.4) is 0 Å². The lowest BCUT2D eigenvalue weighted by Gasteiger charge is -2.14. The van der Waals surface area contributed by atoms with Crippen LogP contribution in [0, 0.1) is 0 Å². The van der Waals surface area contributed by atoms with E-state index in [-0.39, 0.29) is 21.5 Å². The minimum Gasteiger partial charge on any atom is -0.480 e. The van der Waals surface area contributed by atoms with Crippen LogP contribution in [0.25, 0.3) is 10.7 Å². The van der Waals surface area contributed by atoms with E-state index in [2.05, 4.69) is 14.1 Å². The van der Waals surface area contributed by atoms with E-state index in [9.17, 15) is 22.7 Å². The van der Waals surface area contributed by atoms with Crippen molar-refractivity contribution < 1.29 is 22.7 Å². The average molecular weight is 440 g/mol. The maximum atomic E-state index is 12.8. The molecule has 0 unspecified atom stereocenters. The summed E-state index contributed by atoms with van der Waals surface area (Å²) in [6, 6.07) is 11.8. The lowest BCUT2D eigenvalue weighted by Crippen LogP contribution is -2.44. The summed E-state index contributed by atoms with van der Waals surface area (Å²) < 4.78 is 44.6. The Morgan fingerprint density at radius 2 is 2.04 bits per heavy atom. The van der Waals surface area contributed by atoms with Gasteiger partial charge in [0.2, 0.25) is 0 Å². The van der Waals surface area contributed by atoms with Gasteiger partial charge in [0.05, 0.1) is 4.88 Å². The van der Waals surface area contributed by atoms with Gasteiger partial charge in [0.1, 0.15) is 21.4 Å². The van der Waals surface area contributed by atoms with Crippen molar-refractivity contribution >= 4 is 38.9 Å². The lowest BCUT2D eigenvalue weighted by atomic mass is 10.1. The molecule has 0 spiro atoms. The lowest BCUT2D eigenvalue weighted by molar-refractivity contribution is -0.140. The van der Waals surface area contributed by atoms with Crippen molar-refractivity contribution in [3.63, 3.8) is 0 Å². The molecule has 0 bridgehead atoms. The van der Waals surface area contributed by atoms with Gasteiger partial charge >= 0.3 is 5.97 Å². The monoisotopic (exact) mass is 439 g/mol. The number of carboxylic acid groups (broad SMARTS) is 1. The Kier molecular flexibility index (Phi) is 4.78. The summed E-state index contributed by atoms with van der Waals surface area (Å²) in [6.45, 7) is -0.738. The van der Waals surface area contributed by atoms with Crippen molar-refractivity contribution in [2.24, 2.45) is 0 Å². The second-order valence-electron chi connectivity index (χ2n) is 6.31. The number of sulfonamides is 1. The molecule has 146 valence electrons. The number of alkyl halides is 1. The smallest absolute Gasteiger partial charge is 0.325 e. The van der Waals surface area contributed by atoms with Gasteiger partial charge in [0, 0.05) is 5.92 Å². The third-order valence-corrected chi connectivity index (χ3v) is 8.27. The summed E-state index contributed by atoms with van der Waals surface area (Å²) in [5.74, 6) is -1.39. The fourth-order valence-corrected chi connectivity index (χ4v) is 6.24. The molecule has 1 aliphatic rings. The van der Waals surface area contributed by atoms with E-state index in [4.69, 9.17) is 0 Å². The van der Waals surface area contributed by atoms with Crippen molar-refractivity contribution in [1.82, 2.24) is 14.1 Å². The number of halogens is 1. The summed E-state index contributed by atoms with van der Waals surface area (Å²) in [7, 11) is -4.07. The molecule has 1 aromatic carbocycles. The van der Waals surface area contributed by atoms with Crippen LogP contribution in [-0.2, 0) is 21.5 Å². The molecule has 0 amide bonds. The molecule has 1 aliphatic carbocycles. The van der Waals surface area contributed by atoms with Crippen molar-refractivity contribution in [2.45, 2.75) is 28.8 Å². The number of aromatic nitrogens is 2. The Hall–Kier alpha value is -2.21. The van der Waals surface area contributed by atoms with E-state index in [1.165, 1.54) is 12.1 Å². The minimum atomic E-state index is -4.07. The molecule has 3 aromatic rings. The van der Waals surface area contributed by atoms with Crippen LogP contribution in [0.1, 0.15) is 22.9 Å². The molecule has 0 aliphatic heterocycles. The number of aliphatic carboxylic acids is 1. The molecule has 2 heterocycles. The minimum absolute atomic E-state index is 0.0431. The van der Waals surface area contributed by atoms with E-state index in [1.807, 2.05) is 6.07 Å². The molecule has 28 heavy (non-hydrogen) atoms. The van der Waals surface area contributed by atoms with Crippen LogP contribution in [0.4, 0.5) is 4.39 Å². The molecule has 4 rings (SSSR count). The van der Waals surface area contributed by atoms with Crippen LogP contribution in [0.15, 0.2) is 46.7 Å². The van der Waals surface area contributed by atoms with Gasteiger partial charge in [-0.05, 0) is 35.6 Å². The first-order valence-corrected chi connectivity index (χ1v) is 11.2. The van der Waals surface area contributed by atoms with E-state index in [1.54, 1.807) is 24.3 Å². The number of rotatable bonds is 7. The molecular formula is C17H14FN3O4S3. The van der Waals surface area contributed by atoms with Crippen LogP contribution in [-0.4, -0.2) is 34.4 Å². The largest absolute Gasteiger partial charge is 0.480 e. The number of carboxylic acids is 1. The third kappa shape index (κ3) is 3.34. The standard InChI is InChI=1S/C17H14FN3O4S3/c18-9-13-19-15(20-27-13)12-6-7-14(26-12)28(24,25)21-17(16(22)23)8-11(17)10-4-2-1-3-5-10/h1-7,11,21H,8-9H2,(H,22,23)/t11-,17+/m1/s1. The Morgan fingerprint density at radius 3 is 2.68 bits per heavy atom. The number of benzene rings is 1. The highest BCUT2D eigenvalue weighted by Crippen LogP contribution is 2.52. The van der Waals surface area contributed by atoms with Crippen molar-refractivity contribution in [3.05, 3.63) is 53.0 Å². The van der Waals surface area contributed by atoms with Gasteiger partial charge in [-0.15, -0.1) is 11.3 Å². The van der Waals surface area contributed by atoms with Crippen molar-refractivity contribution in [3.8, 4) is 10.7 Å². The molecule has 0 saturated heterocycles. The van der Waals surface area contributed by atoms with Gasteiger partial charge < -0.3 is 5.11 Å². The van der Waals surface area contributed by atoms with Crippen LogP contribution < -0.4 is 4.72 Å². The highest BCUT2D eigenvalue weighted by atomic mass is 32.2. The number of thiophene rings is 1. The average Bonchev–Trinajstić information content (AvgIpc) is 3.05. The zero-order valence-corrected chi connectivity index (χ0v) is 16.7. The first-order valence-electron chi connectivity index (χ1n) is 8.17. The van der Waals surface area contributed by atoms with Gasteiger partial charge in [-0.3, -0.25) is 4.79 Å². The van der Waals surface area contributed by atoms with Crippen LogP contribution in [0.2, 0.25) is 0 Å². The number of nitrogens with one attached hydrogen (secondary N) is 1. The maximum Gasteiger partial charge on any atom is 0.325 e. The Labute approximate surface area is 168 Å².